The summed E-state index contributed by atoms with van der Waals surface area (Å²) in [6, 6.07) is 8.14. The molecular formula is C25H28N4O6S. The third-order valence-corrected chi connectivity index (χ3v) is 6.77. The topological polar surface area (TPSA) is 124 Å². The van der Waals surface area contributed by atoms with Crippen LogP contribution in [0.2, 0.25) is 0 Å². The smallest absolute Gasteiger partial charge is 0.411 e. The van der Waals surface area contributed by atoms with E-state index in [2.05, 4.69) is 9.97 Å². The average molecular weight is 513 g/mol. The molecule has 1 saturated heterocycles. The molecule has 4 rings (SSSR count). The Hall–Kier alpha value is -3.73. The molecule has 0 bridgehead atoms. The maximum Gasteiger partial charge on any atom is 0.411 e. The number of thiazole rings is 1. The zero-order valence-corrected chi connectivity index (χ0v) is 21.1. The predicted molar refractivity (Wildman–Crippen MR) is 130 cm³/mol. The lowest BCUT2D eigenvalue weighted by Crippen LogP contribution is -2.58. The molecule has 1 fully saturated rings. The molecule has 1 aromatic carbocycles. The SMILES string of the molecule is CC(C)(C)OC(=O)[C@]1(Cn2ccnc2)C[C@H](C(=O)O)[C@H](c2cncs2)N1C(=O)OCc1ccccc1. The maximum atomic E-state index is 13.9. The molecule has 1 N–H and O–H groups in total. The lowest BCUT2D eigenvalue weighted by Gasteiger charge is -2.39. The Morgan fingerprint density at radius 3 is 2.53 bits per heavy atom. The fourth-order valence-electron chi connectivity index (χ4n) is 4.46. The molecule has 1 aliphatic heterocycles. The Bertz CT molecular complexity index is 1190. The van der Waals surface area contributed by atoms with E-state index in [0.29, 0.717) is 4.88 Å². The summed E-state index contributed by atoms with van der Waals surface area (Å²) in [6.07, 6.45) is 5.24. The van der Waals surface area contributed by atoms with Gasteiger partial charge in [-0.15, -0.1) is 11.3 Å². The van der Waals surface area contributed by atoms with Crippen LogP contribution >= 0.6 is 11.3 Å². The number of nitrogens with zero attached hydrogens (tertiary/aromatic N) is 4. The molecule has 0 spiro atoms. The highest BCUT2D eigenvalue weighted by atomic mass is 32.1. The monoisotopic (exact) mass is 512 g/mol. The molecule has 36 heavy (non-hydrogen) atoms. The molecule has 0 radical (unpaired) electrons. The summed E-state index contributed by atoms with van der Waals surface area (Å²) in [5, 5.41) is 10.2. The number of carbonyl (C=O) groups is 3. The highest BCUT2D eigenvalue weighted by molar-refractivity contribution is 7.09. The minimum Gasteiger partial charge on any atom is -0.481 e. The number of carbonyl (C=O) groups excluding carboxylic acids is 2. The van der Waals surface area contributed by atoms with E-state index in [-0.39, 0.29) is 19.6 Å². The van der Waals surface area contributed by atoms with Crippen LogP contribution in [0.4, 0.5) is 4.79 Å². The zero-order valence-electron chi connectivity index (χ0n) is 20.2. The molecule has 0 unspecified atom stereocenters. The summed E-state index contributed by atoms with van der Waals surface area (Å²) < 4.78 is 13.1. The molecule has 0 saturated carbocycles. The lowest BCUT2D eigenvalue weighted by atomic mass is 9.90. The Balaban J connectivity index is 1.82. The fourth-order valence-corrected chi connectivity index (χ4v) is 5.23. The van der Waals surface area contributed by atoms with E-state index >= 15 is 0 Å². The van der Waals surface area contributed by atoms with Crippen molar-refractivity contribution in [2.45, 2.75) is 57.5 Å². The third kappa shape index (κ3) is 5.25. The fraction of sp³-hybridized carbons (Fsp3) is 0.400. The number of esters is 1. The first-order chi connectivity index (χ1) is 17.1. The number of hydrogen-bond acceptors (Lipinski definition) is 8. The average Bonchev–Trinajstić information content (AvgIpc) is 3.58. The van der Waals surface area contributed by atoms with Gasteiger partial charge >= 0.3 is 18.0 Å². The number of carboxylic acids is 1. The highest BCUT2D eigenvalue weighted by Crippen LogP contribution is 2.50. The van der Waals surface area contributed by atoms with E-state index in [1.165, 1.54) is 28.8 Å². The number of benzene rings is 1. The molecule has 2 aromatic heterocycles. The van der Waals surface area contributed by atoms with E-state index < -0.39 is 41.1 Å². The number of amides is 1. The molecular weight excluding hydrogens is 484 g/mol. The molecule has 0 aliphatic carbocycles. The first-order valence-corrected chi connectivity index (χ1v) is 12.3. The van der Waals surface area contributed by atoms with E-state index in [4.69, 9.17) is 9.47 Å². The van der Waals surface area contributed by atoms with Crippen LogP contribution < -0.4 is 0 Å². The van der Waals surface area contributed by atoms with Crippen LogP contribution in [0.1, 0.15) is 43.7 Å². The van der Waals surface area contributed by atoms with Crippen LogP contribution in [0.3, 0.4) is 0 Å². The first-order valence-electron chi connectivity index (χ1n) is 11.4. The van der Waals surface area contributed by atoms with Gasteiger partial charge in [-0.05, 0) is 32.8 Å². The summed E-state index contributed by atoms with van der Waals surface area (Å²) in [4.78, 5) is 50.1. The molecule has 3 atom stereocenters. The van der Waals surface area contributed by atoms with Crippen LogP contribution in [0.15, 0.2) is 60.8 Å². The quantitative estimate of drug-likeness (QED) is 0.473. The van der Waals surface area contributed by atoms with Crippen molar-refractivity contribution in [1.82, 2.24) is 19.4 Å². The number of aromatic nitrogens is 3. The van der Waals surface area contributed by atoms with Crippen molar-refractivity contribution in [2.24, 2.45) is 5.92 Å². The summed E-state index contributed by atoms with van der Waals surface area (Å²) in [5.41, 5.74) is -0.226. The van der Waals surface area contributed by atoms with Gasteiger partial charge in [0, 0.05) is 23.5 Å². The molecule has 190 valence electrons. The number of aliphatic carboxylic acids is 1. The Morgan fingerprint density at radius 1 is 1.19 bits per heavy atom. The number of ether oxygens (including phenoxy) is 2. The predicted octanol–water partition coefficient (Wildman–Crippen LogP) is 3.90. The Kier molecular flexibility index (Phi) is 7.11. The summed E-state index contributed by atoms with van der Waals surface area (Å²) in [7, 11) is 0. The van der Waals surface area contributed by atoms with Gasteiger partial charge in [0.05, 0.1) is 30.3 Å². The molecule has 3 heterocycles. The second kappa shape index (κ2) is 10.1. The van der Waals surface area contributed by atoms with Crippen LogP contribution in [0, 0.1) is 5.92 Å². The first kappa shape index (κ1) is 25.4. The normalized spacial score (nSPS) is 21.8. The molecule has 11 heteroatoms. The van der Waals surface area contributed by atoms with Crippen molar-refractivity contribution < 1.29 is 29.0 Å². The number of likely N-dealkylation sites (tertiary alicyclic amines) is 1. The van der Waals surface area contributed by atoms with E-state index in [0.717, 1.165) is 5.56 Å². The highest BCUT2D eigenvalue weighted by Gasteiger charge is 2.63. The van der Waals surface area contributed by atoms with Crippen molar-refractivity contribution in [3.63, 3.8) is 0 Å². The van der Waals surface area contributed by atoms with Gasteiger partial charge in [0.2, 0.25) is 0 Å². The van der Waals surface area contributed by atoms with Crippen molar-refractivity contribution in [3.8, 4) is 0 Å². The minimum absolute atomic E-state index is 0.0429. The molecule has 10 nitrogen and oxygen atoms in total. The number of imidazole rings is 1. The van der Waals surface area contributed by atoms with E-state index in [9.17, 15) is 19.5 Å². The van der Waals surface area contributed by atoms with Gasteiger partial charge in [-0.2, -0.15) is 0 Å². The summed E-state index contributed by atoms with van der Waals surface area (Å²) in [5.74, 6) is -2.94. The number of hydrogen-bond donors (Lipinski definition) is 1. The number of carboxylic acid groups (broad SMARTS) is 1. The van der Waals surface area contributed by atoms with Gasteiger partial charge in [0.15, 0.2) is 5.54 Å². The second-order valence-corrected chi connectivity index (χ2v) is 10.6. The van der Waals surface area contributed by atoms with Gasteiger partial charge in [-0.1, -0.05) is 30.3 Å². The summed E-state index contributed by atoms with van der Waals surface area (Å²) in [6.45, 7) is 5.06. The van der Waals surface area contributed by atoms with Gasteiger partial charge in [-0.25, -0.2) is 14.6 Å². The Morgan fingerprint density at radius 2 is 1.94 bits per heavy atom. The standard InChI is InChI=1S/C25H28N4O6S/c1-24(2,3)35-22(32)25(14-28-10-9-26-15-28)11-18(21(30)31)20(19-12-27-16-36-19)29(25)23(33)34-13-17-7-5-4-6-8-17/h4-10,12,15-16,18,20H,11,13-14H2,1-3H3,(H,30,31)/t18-,20+,25+/m0/s1. The van der Waals surface area contributed by atoms with Crippen LogP contribution in [-0.4, -0.2) is 53.7 Å². The second-order valence-electron chi connectivity index (χ2n) is 9.68. The molecule has 1 aliphatic rings. The largest absolute Gasteiger partial charge is 0.481 e. The van der Waals surface area contributed by atoms with Gasteiger partial charge in [-0.3, -0.25) is 14.7 Å². The molecule has 1 amide bonds. The third-order valence-electron chi connectivity index (χ3n) is 5.92. The minimum atomic E-state index is -1.67. The van der Waals surface area contributed by atoms with Gasteiger partial charge in [0.25, 0.3) is 0 Å². The zero-order chi connectivity index (χ0) is 25.9. The van der Waals surface area contributed by atoms with Crippen LogP contribution in [0.5, 0.6) is 0 Å². The van der Waals surface area contributed by atoms with E-state index in [1.54, 1.807) is 43.2 Å². The van der Waals surface area contributed by atoms with Crippen molar-refractivity contribution in [1.29, 1.82) is 0 Å². The van der Waals surface area contributed by atoms with Crippen molar-refractivity contribution in [3.05, 3.63) is 71.2 Å². The van der Waals surface area contributed by atoms with Crippen LogP contribution in [-0.2, 0) is 32.2 Å². The Labute approximate surface area is 212 Å². The van der Waals surface area contributed by atoms with Crippen molar-refractivity contribution in [2.75, 3.05) is 0 Å². The van der Waals surface area contributed by atoms with Gasteiger partial charge in [0.1, 0.15) is 12.2 Å². The van der Waals surface area contributed by atoms with E-state index in [1.807, 2.05) is 30.3 Å². The number of rotatable bonds is 7. The maximum absolute atomic E-state index is 13.9. The van der Waals surface area contributed by atoms with Gasteiger partial charge < -0.3 is 19.1 Å². The lowest BCUT2D eigenvalue weighted by molar-refractivity contribution is -0.169. The van der Waals surface area contributed by atoms with Crippen LogP contribution in [0.25, 0.3) is 0 Å². The van der Waals surface area contributed by atoms with Crippen molar-refractivity contribution >= 4 is 29.4 Å². The summed E-state index contributed by atoms with van der Waals surface area (Å²) >= 11 is 1.22. The molecule has 3 aromatic rings.